The van der Waals surface area contributed by atoms with Gasteiger partial charge in [0.1, 0.15) is 5.00 Å². The van der Waals surface area contributed by atoms with E-state index in [-0.39, 0.29) is 25.2 Å². The molecule has 2 heterocycles. The maximum absolute atomic E-state index is 12.8. The Morgan fingerprint density at radius 3 is 2.63 bits per heavy atom. The van der Waals surface area contributed by atoms with Crippen LogP contribution >= 0.6 is 11.3 Å². The van der Waals surface area contributed by atoms with Crippen molar-refractivity contribution in [2.75, 3.05) is 31.3 Å². The lowest BCUT2D eigenvalue weighted by atomic mass is 10.0. The smallest absolute Gasteiger partial charge is 0.341 e. The van der Waals surface area contributed by atoms with Crippen LogP contribution in [-0.4, -0.2) is 57.3 Å². The van der Waals surface area contributed by atoms with E-state index in [1.165, 1.54) is 11.3 Å². The van der Waals surface area contributed by atoms with E-state index in [4.69, 9.17) is 4.74 Å². The van der Waals surface area contributed by atoms with Crippen molar-refractivity contribution in [3.8, 4) is 0 Å². The Kier molecular flexibility index (Phi) is 7.24. The Labute approximate surface area is 164 Å². The Morgan fingerprint density at radius 1 is 1.30 bits per heavy atom. The van der Waals surface area contributed by atoms with Crippen molar-refractivity contribution < 1.29 is 22.7 Å². The van der Waals surface area contributed by atoms with Crippen molar-refractivity contribution in [1.29, 1.82) is 0 Å². The monoisotopic (exact) mass is 417 g/mol. The number of ether oxygens (including phenoxy) is 1. The fourth-order valence-electron chi connectivity index (χ4n) is 3.06. The number of esters is 1. The molecule has 2 N–H and O–H groups in total. The number of amides is 2. The molecule has 8 nitrogen and oxygen atoms in total. The van der Waals surface area contributed by atoms with E-state index < -0.39 is 16.0 Å². The van der Waals surface area contributed by atoms with Gasteiger partial charge in [-0.3, -0.25) is 5.32 Å². The maximum atomic E-state index is 12.8. The van der Waals surface area contributed by atoms with E-state index in [2.05, 4.69) is 10.0 Å². The lowest BCUT2D eigenvalue weighted by Crippen LogP contribution is -2.50. The Morgan fingerprint density at radius 2 is 2.00 bits per heavy atom. The summed E-state index contributed by atoms with van der Waals surface area (Å²) in [5.41, 5.74) is 1.18. The van der Waals surface area contributed by atoms with Crippen molar-refractivity contribution in [3.05, 3.63) is 16.0 Å². The van der Waals surface area contributed by atoms with Gasteiger partial charge in [-0.15, -0.1) is 11.3 Å². The molecule has 27 heavy (non-hydrogen) atoms. The highest BCUT2D eigenvalue weighted by Gasteiger charge is 2.29. The van der Waals surface area contributed by atoms with Gasteiger partial charge in [0.05, 0.1) is 18.4 Å². The molecule has 10 heteroatoms. The van der Waals surface area contributed by atoms with Crippen LogP contribution in [0.3, 0.4) is 0 Å². The second-order valence-electron chi connectivity index (χ2n) is 6.60. The Balaban J connectivity index is 2.17. The molecule has 1 aromatic heterocycles. The van der Waals surface area contributed by atoms with E-state index in [0.717, 1.165) is 36.0 Å². The third-order valence-electron chi connectivity index (χ3n) is 4.55. The molecule has 0 aromatic carbocycles. The quantitative estimate of drug-likeness (QED) is 0.692. The zero-order valence-corrected chi connectivity index (χ0v) is 17.8. The van der Waals surface area contributed by atoms with Gasteiger partial charge in [-0.1, -0.05) is 0 Å². The molecule has 152 valence electrons. The van der Waals surface area contributed by atoms with Gasteiger partial charge in [-0.25, -0.2) is 22.7 Å². The van der Waals surface area contributed by atoms with Crippen molar-refractivity contribution in [2.24, 2.45) is 0 Å². The number of nitrogens with zero attached hydrogens (tertiary/aromatic N) is 1. The van der Waals surface area contributed by atoms with E-state index in [1.54, 1.807) is 11.8 Å². The number of anilines is 1. The molecule has 1 atom stereocenters. The summed E-state index contributed by atoms with van der Waals surface area (Å²) in [5.74, 6) is -0.455. The topological polar surface area (TPSA) is 105 Å². The molecule has 0 aliphatic carbocycles. The summed E-state index contributed by atoms with van der Waals surface area (Å²) >= 11 is 1.34. The van der Waals surface area contributed by atoms with Gasteiger partial charge in [-0.2, -0.15) is 0 Å². The second-order valence-corrected chi connectivity index (χ2v) is 9.66. The third-order valence-corrected chi connectivity index (χ3v) is 6.37. The number of thiophene rings is 1. The SMILES string of the molecule is CCOC(=O)c1c(NC(=O)N2CCCC[C@H]2CNS(C)(=O)=O)sc(C)c1C. The van der Waals surface area contributed by atoms with Crippen molar-refractivity contribution >= 4 is 38.4 Å². The highest BCUT2D eigenvalue weighted by Crippen LogP contribution is 2.33. The molecule has 1 saturated heterocycles. The number of carbonyl (C=O) groups excluding carboxylic acids is 2. The molecule has 1 aliphatic rings. The van der Waals surface area contributed by atoms with Gasteiger partial charge in [-0.05, 0) is 45.6 Å². The summed E-state index contributed by atoms with van der Waals surface area (Å²) in [5, 5.41) is 3.30. The predicted octanol–water partition coefficient (Wildman–Crippen LogP) is 2.48. The van der Waals surface area contributed by atoms with Gasteiger partial charge in [0.25, 0.3) is 0 Å². The molecule has 1 aliphatic heterocycles. The fourth-order valence-corrected chi connectivity index (χ4v) is 4.59. The lowest BCUT2D eigenvalue weighted by molar-refractivity contribution is 0.0527. The number of hydrogen-bond donors (Lipinski definition) is 2. The van der Waals surface area contributed by atoms with E-state index in [9.17, 15) is 18.0 Å². The minimum Gasteiger partial charge on any atom is -0.462 e. The van der Waals surface area contributed by atoms with E-state index in [1.807, 2.05) is 13.8 Å². The standard InChI is InChI=1S/C17H27N3O5S2/c1-5-25-16(21)14-11(2)12(3)26-15(14)19-17(22)20-9-7-6-8-13(20)10-18-27(4,23)24/h13,18H,5-10H2,1-4H3,(H,19,22)/t13-/m0/s1. The fraction of sp³-hybridized carbons (Fsp3) is 0.647. The van der Waals surface area contributed by atoms with Crippen LogP contribution in [0.25, 0.3) is 0 Å². The van der Waals surface area contributed by atoms with E-state index in [0.29, 0.717) is 17.1 Å². The van der Waals surface area contributed by atoms with Gasteiger partial charge < -0.3 is 9.64 Å². The summed E-state index contributed by atoms with van der Waals surface area (Å²) in [6.45, 7) is 6.43. The number of carbonyl (C=O) groups is 2. The first-order valence-electron chi connectivity index (χ1n) is 8.93. The van der Waals surface area contributed by atoms with Crippen LogP contribution in [-0.2, 0) is 14.8 Å². The number of rotatable bonds is 6. The average Bonchev–Trinajstić information content (AvgIpc) is 2.86. The molecule has 0 bridgehead atoms. The Bertz CT molecular complexity index is 804. The number of likely N-dealkylation sites (tertiary alicyclic amines) is 1. The number of urea groups is 1. The summed E-state index contributed by atoms with van der Waals surface area (Å²) < 4.78 is 30.4. The normalized spacial score (nSPS) is 17.6. The van der Waals surface area contributed by atoms with Crippen LogP contribution in [0.4, 0.5) is 9.80 Å². The molecular weight excluding hydrogens is 390 g/mol. The van der Waals surface area contributed by atoms with Gasteiger partial charge in [0.2, 0.25) is 10.0 Å². The Hall–Kier alpha value is -1.65. The molecule has 0 radical (unpaired) electrons. The largest absolute Gasteiger partial charge is 0.462 e. The summed E-state index contributed by atoms with van der Waals surface area (Å²) in [7, 11) is -3.33. The molecular formula is C17H27N3O5S2. The second kappa shape index (κ2) is 9.03. The number of piperidine rings is 1. The van der Waals surface area contributed by atoms with Crippen molar-refractivity contribution in [1.82, 2.24) is 9.62 Å². The van der Waals surface area contributed by atoms with E-state index >= 15 is 0 Å². The summed E-state index contributed by atoms with van der Waals surface area (Å²) in [4.78, 5) is 27.7. The third kappa shape index (κ3) is 5.66. The number of aryl methyl sites for hydroxylation is 1. The molecule has 0 unspecified atom stereocenters. The first-order valence-corrected chi connectivity index (χ1v) is 11.6. The zero-order valence-electron chi connectivity index (χ0n) is 16.1. The summed E-state index contributed by atoms with van der Waals surface area (Å²) in [6, 6.07) is -0.552. The minimum atomic E-state index is -3.33. The average molecular weight is 418 g/mol. The van der Waals surface area contributed by atoms with Crippen molar-refractivity contribution in [3.63, 3.8) is 0 Å². The van der Waals surface area contributed by atoms with Crippen LogP contribution in [0.5, 0.6) is 0 Å². The first-order chi connectivity index (χ1) is 12.6. The van der Waals surface area contributed by atoms with Crippen LogP contribution in [0.1, 0.15) is 47.0 Å². The summed E-state index contributed by atoms with van der Waals surface area (Å²) in [6.07, 6.45) is 3.62. The van der Waals surface area contributed by atoms with Crippen LogP contribution < -0.4 is 10.0 Å². The number of nitrogens with one attached hydrogen (secondary N) is 2. The highest BCUT2D eigenvalue weighted by molar-refractivity contribution is 7.88. The van der Waals surface area contributed by atoms with Crippen LogP contribution in [0, 0.1) is 13.8 Å². The molecule has 2 amide bonds. The molecule has 2 rings (SSSR count). The first kappa shape index (κ1) is 21.6. The predicted molar refractivity (Wildman–Crippen MR) is 106 cm³/mol. The van der Waals surface area contributed by atoms with Crippen LogP contribution in [0.15, 0.2) is 0 Å². The van der Waals surface area contributed by atoms with Gasteiger partial charge in [0, 0.05) is 24.0 Å². The lowest BCUT2D eigenvalue weighted by Gasteiger charge is -2.35. The highest BCUT2D eigenvalue weighted by atomic mass is 32.2. The molecule has 1 aromatic rings. The van der Waals surface area contributed by atoms with Crippen LogP contribution in [0.2, 0.25) is 0 Å². The number of hydrogen-bond acceptors (Lipinski definition) is 6. The molecule has 0 saturated carbocycles. The maximum Gasteiger partial charge on any atom is 0.341 e. The minimum absolute atomic E-state index is 0.180. The van der Waals surface area contributed by atoms with Crippen molar-refractivity contribution in [2.45, 2.75) is 46.1 Å². The zero-order chi connectivity index (χ0) is 20.2. The molecule has 0 spiro atoms. The molecule has 1 fully saturated rings. The number of sulfonamides is 1. The van der Waals surface area contributed by atoms with Gasteiger partial charge in [0.15, 0.2) is 0 Å². The van der Waals surface area contributed by atoms with Gasteiger partial charge >= 0.3 is 12.0 Å².